The highest BCUT2D eigenvalue weighted by molar-refractivity contribution is 5.79. The molecule has 4 rings (SSSR count). The van der Waals surface area contributed by atoms with E-state index in [-0.39, 0.29) is 11.6 Å². The van der Waals surface area contributed by atoms with Crippen molar-refractivity contribution in [3.05, 3.63) is 64.2 Å². The van der Waals surface area contributed by atoms with Crippen molar-refractivity contribution >= 4 is 10.9 Å². The van der Waals surface area contributed by atoms with Crippen LogP contribution in [0.25, 0.3) is 10.9 Å². The first-order chi connectivity index (χ1) is 12.2. The molecular formula is C20H24N4O. The van der Waals surface area contributed by atoms with E-state index in [9.17, 15) is 4.79 Å². The highest BCUT2D eigenvalue weighted by Crippen LogP contribution is 2.27. The SMILES string of the molecule is Cc1ccc(=O)n(C2CCC(NCc3ccc4[nH]ccc4c3)CC2)n1. The second-order valence-electron chi connectivity index (χ2n) is 7.04. The molecule has 2 N–H and O–H groups in total. The molecule has 0 spiro atoms. The van der Waals surface area contributed by atoms with Gasteiger partial charge in [0.15, 0.2) is 0 Å². The van der Waals surface area contributed by atoms with E-state index >= 15 is 0 Å². The van der Waals surface area contributed by atoms with Gasteiger partial charge in [-0.25, -0.2) is 4.68 Å². The van der Waals surface area contributed by atoms with Crippen LogP contribution < -0.4 is 10.9 Å². The quantitative estimate of drug-likeness (QED) is 0.768. The predicted molar refractivity (Wildman–Crippen MR) is 99.7 cm³/mol. The Hall–Kier alpha value is -2.40. The Labute approximate surface area is 147 Å². The number of aryl methyl sites for hydroxylation is 1. The summed E-state index contributed by atoms with van der Waals surface area (Å²) in [6.45, 7) is 2.82. The van der Waals surface area contributed by atoms with Crippen molar-refractivity contribution in [3.63, 3.8) is 0 Å². The van der Waals surface area contributed by atoms with Crippen LogP contribution in [0.2, 0.25) is 0 Å². The minimum absolute atomic E-state index is 0.0156. The third-order valence-electron chi connectivity index (χ3n) is 5.21. The lowest BCUT2D eigenvalue weighted by Crippen LogP contribution is -2.36. The Bertz CT molecular complexity index is 919. The van der Waals surface area contributed by atoms with Crippen LogP contribution in [0.3, 0.4) is 0 Å². The molecule has 0 radical (unpaired) electrons. The number of hydrogen-bond acceptors (Lipinski definition) is 3. The Balaban J connectivity index is 1.34. The maximum absolute atomic E-state index is 12.0. The van der Waals surface area contributed by atoms with Gasteiger partial charge in [0.05, 0.1) is 11.7 Å². The van der Waals surface area contributed by atoms with E-state index in [0.717, 1.165) is 37.9 Å². The number of rotatable bonds is 4. The number of nitrogens with zero attached hydrogens (tertiary/aromatic N) is 2. The van der Waals surface area contributed by atoms with Crippen LogP contribution in [0.15, 0.2) is 47.4 Å². The largest absolute Gasteiger partial charge is 0.361 e. The molecule has 0 bridgehead atoms. The van der Waals surface area contributed by atoms with Gasteiger partial charge in [0, 0.05) is 30.4 Å². The lowest BCUT2D eigenvalue weighted by molar-refractivity contribution is 0.268. The van der Waals surface area contributed by atoms with Crippen molar-refractivity contribution in [2.75, 3.05) is 0 Å². The number of fused-ring (bicyclic) bond motifs is 1. The summed E-state index contributed by atoms with van der Waals surface area (Å²) in [5.41, 5.74) is 3.41. The number of nitrogens with one attached hydrogen (secondary N) is 2. The molecule has 1 aliphatic rings. The van der Waals surface area contributed by atoms with Gasteiger partial charge in [0.2, 0.25) is 0 Å². The minimum Gasteiger partial charge on any atom is -0.361 e. The third kappa shape index (κ3) is 3.51. The summed E-state index contributed by atoms with van der Waals surface area (Å²) >= 11 is 0. The zero-order valence-electron chi connectivity index (χ0n) is 14.5. The van der Waals surface area contributed by atoms with Crippen molar-refractivity contribution in [2.45, 2.75) is 51.2 Å². The molecule has 2 heterocycles. The van der Waals surface area contributed by atoms with Gasteiger partial charge in [-0.05, 0) is 67.8 Å². The molecule has 3 aromatic rings. The first kappa shape index (κ1) is 16.1. The summed E-state index contributed by atoms with van der Waals surface area (Å²) in [6.07, 6.45) is 6.15. The van der Waals surface area contributed by atoms with E-state index in [2.05, 4.69) is 39.7 Å². The summed E-state index contributed by atoms with van der Waals surface area (Å²) in [5, 5.41) is 9.35. The van der Waals surface area contributed by atoms with Crippen LogP contribution >= 0.6 is 0 Å². The van der Waals surface area contributed by atoms with Crippen molar-refractivity contribution < 1.29 is 0 Å². The fraction of sp³-hybridized carbons (Fsp3) is 0.400. The smallest absolute Gasteiger partial charge is 0.267 e. The number of hydrogen-bond donors (Lipinski definition) is 2. The Kier molecular flexibility index (Phi) is 4.40. The van der Waals surface area contributed by atoms with Gasteiger partial charge in [-0.15, -0.1) is 0 Å². The van der Waals surface area contributed by atoms with Crippen LogP contribution in [0, 0.1) is 6.92 Å². The molecule has 1 saturated carbocycles. The van der Waals surface area contributed by atoms with E-state index in [1.54, 1.807) is 16.8 Å². The van der Waals surface area contributed by atoms with E-state index in [4.69, 9.17) is 0 Å². The summed E-state index contributed by atoms with van der Waals surface area (Å²) in [4.78, 5) is 15.3. The fourth-order valence-electron chi connectivity index (χ4n) is 3.78. The zero-order valence-corrected chi connectivity index (χ0v) is 14.5. The van der Waals surface area contributed by atoms with Crippen molar-refractivity contribution in [1.82, 2.24) is 20.1 Å². The van der Waals surface area contributed by atoms with Gasteiger partial charge < -0.3 is 10.3 Å². The fourth-order valence-corrected chi connectivity index (χ4v) is 3.78. The molecule has 0 saturated heterocycles. The van der Waals surface area contributed by atoms with Crippen LogP contribution in [-0.4, -0.2) is 20.8 Å². The molecule has 0 unspecified atom stereocenters. The summed E-state index contributed by atoms with van der Waals surface area (Å²) < 4.78 is 1.69. The van der Waals surface area contributed by atoms with E-state index < -0.39 is 0 Å². The van der Waals surface area contributed by atoms with Gasteiger partial charge in [-0.2, -0.15) is 5.10 Å². The first-order valence-corrected chi connectivity index (χ1v) is 9.05. The molecule has 130 valence electrons. The number of benzene rings is 1. The predicted octanol–water partition coefficient (Wildman–Crippen LogP) is 3.31. The zero-order chi connectivity index (χ0) is 17.2. The van der Waals surface area contributed by atoms with Crippen molar-refractivity contribution in [1.29, 1.82) is 0 Å². The average Bonchev–Trinajstić information content (AvgIpc) is 3.10. The topological polar surface area (TPSA) is 62.7 Å². The minimum atomic E-state index is 0.0156. The Morgan fingerprint density at radius 1 is 1.16 bits per heavy atom. The molecule has 0 atom stereocenters. The summed E-state index contributed by atoms with van der Waals surface area (Å²) in [5.74, 6) is 0. The lowest BCUT2D eigenvalue weighted by Gasteiger charge is -2.29. The van der Waals surface area contributed by atoms with Gasteiger partial charge in [-0.3, -0.25) is 4.79 Å². The third-order valence-corrected chi connectivity index (χ3v) is 5.21. The molecule has 0 amide bonds. The normalized spacial score (nSPS) is 20.8. The van der Waals surface area contributed by atoms with Gasteiger partial charge in [0.1, 0.15) is 0 Å². The number of H-pyrrole nitrogens is 1. The molecule has 5 heteroatoms. The van der Waals surface area contributed by atoms with Crippen LogP contribution in [-0.2, 0) is 6.54 Å². The molecule has 0 aliphatic heterocycles. The number of aromatic amines is 1. The molecule has 1 aromatic carbocycles. The van der Waals surface area contributed by atoms with Crippen molar-refractivity contribution in [2.24, 2.45) is 0 Å². The van der Waals surface area contributed by atoms with Crippen molar-refractivity contribution in [3.8, 4) is 0 Å². The lowest BCUT2D eigenvalue weighted by atomic mass is 9.91. The molecular weight excluding hydrogens is 312 g/mol. The second kappa shape index (κ2) is 6.84. The van der Waals surface area contributed by atoms with Gasteiger partial charge in [-0.1, -0.05) is 6.07 Å². The summed E-state index contributed by atoms with van der Waals surface area (Å²) in [6, 6.07) is 12.8. The highest BCUT2D eigenvalue weighted by atomic mass is 16.1. The van der Waals surface area contributed by atoms with Gasteiger partial charge in [0.25, 0.3) is 5.56 Å². The molecule has 1 fully saturated rings. The Morgan fingerprint density at radius 3 is 2.84 bits per heavy atom. The van der Waals surface area contributed by atoms with Crippen LogP contribution in [0.1, 0.15) is 43.0 Å². The monoisotopic (exact) mass is 336 g/mol. The number of aromatic nitrogens is 3. The van der Waals surface area contributed by atoms with E-state index in [1.165, 1.54) is 16.5 Å². The average molecular weight is 336 g/mol. The first-order valence-electron chi connectivity index (χ1n) is 9.05. The highest BCUT2D eigenvalue weighted by Gasteiger charge is 2.23. The van der Waals surface area contributed by atoms with Crippen LogP contribution in [0.4, 0.5) is 0 Å². The van der Waals surface area contributed by atoms with E-state index in [1.807, 2.05) is 13.1 Å². The second-order valence-corrected chi connectivity index (χ2v) is 7.04. The van der Waals surface area contributed by atoms with Gasteiger partial charge >= 0.3 is 0 Å². The molecule has 1 aliphatic carbocycles. The van der Waals surface area contributed by atoms with Crippen LogP contribution in [0.5, 0.6) is 0 Å². The Morgan fingerprint density at radius 2 is 2.00 bits per heavy atom. The molecule has 5 nitrogen and oxygen atoms in total. The maximum atomic E-state index is 12.0. The maximum Gasteiger partial charge on any atom is 0.267 e. The standard InChI is InChI=1S/C20H24N4O/c1-14-2-9-20(25)24(23-14)18-6-4-17(5-7-18)22-13-15-3-8-19-16(12-15)10-11-21-19/h2-3,8-12,17-18,21-22H,4-7,13H2,1H3. The van der Waals surface area contributed by atoms with E-state index in [0.29, 0.717) is 6.04 Å². The molecule has 2 aromatic heterocycles. The molecule has 25 heavy (non-hydrogen) atoms. The summed E-state index contributed by atoms with van der Waals surface area (Å²) in [7, 11) is 0.